The minimum atomic E-state index is -0.245. The summed E-state index contributed by atoms with van der Waals surface area (Å²) in [5, 5.41) is 2.67. The van der Waals surface area contributed by atoms with E-state index in [4.69, 9.17) is 0 Å². The first-order valence-corrected chi connectivity index (χ1v) is 6.82. The lowest BCUT2D eigenvalue weighted by Gasteiger charge is -2.38. The van der Waals surface area contributed by atoms with Crippen molar-refractivity contribution >= 4 is 11.9 Å². The summed E-state index contributed by atoms with van der Waals surface area (Å²) in [5.41, 5.74) is 0. The van der Waals surface area contributed by atoms with E-state index in [9.17, 15) is 9.59 Å². The Morgan fingerprint density at radius 1 is 1.33 bits per heavy atom. The number of hydrogen-bond donors (Lipinski definition) is 1. The number of likely N-dealkylation sites (tertiary alicyclic amines) is 1. The van der Waals surface area contributed by atoms with Crippen LogP contribution in [0.25, 0.3) is 0 Å². The average molecular weight is 253 g/mol. The van der Waals surface area contributed by atoms with Crippen LogP contribution in [0.2, 0.25) is 0 Å². The fourth-order valence-electron chi connectivity index (χ4n) is 3.09. The number of carbonyl (C=O) groups excluding carboxylic acids is 2. The highest BCUT2D eigenvalue weighted by atomic mass is 16.2. The maximum Gasteiger partial charge on any atom is 0.324 e. The van der Waals surface area contributed by atoms with Crippen LogP contribution in [-0.2, 0) is 4.79 Å². The van der Waals surface area contributed by atoms with Crippen molar-refractivity contribution in [2.24, 2.45) is 11.8 Å². The summed E-state index contributed by atoms with van der Waals surface area (Å²) in [7, 11) is 0. The van der Waals surface area contributed by atoms with Crippen molar-refractivity contribution in [3.8, 4) is 0 Å². The number of amides is 3. The summed E-state index contributed by atoms with van der Waals surface area (Å²) in [5.74, 6) is 1.18. The molecule has 2 fully saturated rings. The van der Waals surface area contributed by atoms with Gasteiger partial charge in [0.25, 0.3) is 0 Å². The van der Waals surface area contributed by atoms with E-state index >= 15 is 0 Å². The molecule has 0 aromatic rings. The van der Waals surface area contributed by atoms with Crippen molar-refractivity contribution in [2.45, 2.75) is 33.2 Å². The van der Waals surface area contributed by atoms with E-state index in [2.05, 4.69) is 24.1 Å². The molecular weight excluding hydrogens is 230 g/mol. The van der Waals surface area contributed by atoms with E-state index in [1.165, 1.54) is 11.3 Å². The van der Waals surface area contributed by atoms with Gasteiger partial charge in [-0.15, -0.1) is 0 Å². The molecule has 2 aliphatic rings. The fourth-order valence-corrected chi connectivity index (χ4v) is 3.09. The number of urea groups is 1. The summed E-state index contributed by atoms with van der Waals surface area (Å²) in [4.78, 5) is 27.4. The lowest BCUT2D eigenvalue weighted by molar-refractivity contribution is -0.133. The predicted octanol–water partition coefficient (Wildman–Crippen LogP) is 0.905. The van der Waals surface area contributed by atoms with Gasteiger partial charge in [-0.05, 0) is 25.2 Å². The van der Waals surface area contributed by atoms with Gasteiger partial charge in [-0.2, -0.15) is 0 Å². The molecule has 2 saturated heterocycles. The molecule has 102 valence electrons. The van der Waals surface area contributed by atoms with Crippen LogP contribution in [-0.4, -0.2) is 54.0 Å². The van der Waals surface area contributed by atoms with Crippen molar-refractivity contribution in [1.82, 2.24) is 15.1 Å². The fraction of sp³-hybridized carbons (Fsp3) is 0.846. The maximum atomic E-state index is 12.3. The van der Waals surface area contributed by atoms with E-state index in [1.54, 1.807) is 0 Å². The molecule has 0 aromatic carbocycles. The largest absolute Gasteiger partial charge is 0.336 e. The summed E-state index contributed by atoms with van der Waals surface area (Å²) < 4.78 is 0. The molecule has 5 heteroatoms. The number of hydrogen-bond acceptors (Lipinski definition) is 3. The molecule has 1 N–H and O–H groups in total. The number of imide groups is 1. The highest BCUT2D eigenvalue weighted by Crippen LogP contribution is 2.23. The van der Waals surface area contributed by atoms with Crippen LogP contribution >= 0.6 is 0 Å². The number of piperidine rings is 1. The molecule has 0 aliphatic carbocycles. The van der Waals surface area contributed by atoms with E-state index in [0.29, 0.717) is 24.9 Å². The molecule has 18 heavy (non-hydrogen) atoms. The predicted molar refractivity (Wildman–Crippen MR) is 69.1 cm³/mol. The molecule has 0 saturated carbocycles. The Morgan fingerprint density at radius 2 is 1.94 bits per heavy atom. The third-order valence-corrected chi connectivity index (χ3v) is 3.93. The second-order valence-corrected chi connectivity index (χ2v) is 5.80. The zero-order chi connectivity index (χ0) is 13.3. The Labute approximate surface area is 108 Å². The van der Waals surface area contributed by atoms with Crippen LogP contribution in [0, 0.1) is 11.8 Å². The molecule has 0 bridgehead atoms. The Bertz CT molecular complexity index is 335. The lowest BCUT2D eigenvalue weighted by Crippen LogP contribution is -2.52. The van der Waals surface area contributed by atoms with Crippen LogP contribution < -0.4 is 5.32 Å². The third-order valence-electron chi connectivity index (χ3n) is 3.93. The van der Waals surface area contributed by atoms with Gasteiger partial charge in [-0.1, -0.05) is 13.8 Å². The number of nitrogens with zero attached hydrogens (tertiary/aromatic N) is 2. The highest BCUT2D eigenvalue weighted by molar-refractivity contribution is 5.98. The maximum absolute atomic E-state index is 12.3. The highest BCUT2D eigenvalue weighted by Gasteiger charge is 2.34. The van der Waals surface area contributed by atoms with Gasteiger partial charge in [-0.3, -0.25) is 14.6 Å². The molecule has 5 nitrogen and oxygen atoms in total. The van der Waals surface area contributed by atoms with Gasteiger partial charge in [0.1, 0.15) is 0 Å². The molecule has 0 spiro atoms. The Kier molecular flexibility index (Phi) is 3.90. The summed E-state index contributed by atoms with van der Waals surface area (Å²) in [6.45, 7) is 9.34. The monoisotopic (exact) mass is 253 g/mol. The topological polar surface area (TPSA) is 52.7 Å². The summed E-state index contributed by atoms with van der Waals surface area (Å²) >= 11 is 0. The zero-order valence-corrected chi connectivity index (χ0v) is 11.5. The SMILES string of the molecule is C[C@@H]1C[C@@H](C)CN([C@@H](C)C(=O)N2CCNC2=O)C1. The molecule has 0 unspecified atom stereocenters. The van der Waals surface area contributed by atoms with Crippen molar-refractivity contribution in [2.75, 3.05) is 26.2 Å². The Morgan fingerprint density at radius 3 is 2.44 bits per heavy atom. The average Bonchev–Trinajstić information content (AvgIpc) is 2.72. The van der Waals surface area contributed by atoms with E-state index < -0.39 is 0 Å². The normalized spacial score (nSPS) is 31.3. The van der Waals surface area contributed by atoms with Crippen LogP contribution in [0.15, 0.2) is 0 Å². The molecule has 0 radical (unpaired) electrons. The summed E-state index contributed by atoms with van der Waals surface area (Å²) in [6, 6.07) is -0.441. The second kappa shape index (κ2) is 5.26. The van der Waals surface area contributed by atoms with E-state index in [0.717, 1.165) is 13.1 Å². The van der Waals surface area contributed by atoms with Gasteiger partial charge in [0.15, 0.2) is 0 Å². The van der Waals surface area contributed by atoms with Gasteiger partial charge in [0.2, 0.25) is 5.91 Å². The minimum Gasteiger partial charge on any atom is -0.336 e. The Hall–Kier alpha value is -1.10. The molecule has 3 amide bonds. The first kappa shape index (κ1) is 13.3. The molecular formula is C13H23N3O2. The first-order valence-electron chi connectivity index (χ1n) is 6.82. The smallest absolute Gasteiger partial charge is 0.324 e. The van der Waals surface area contributed by atoms with Gasteiger partial charge in [0.05, 0.1) is 6.04 Å². The van der Waals surface area contributed by atoms with Crippen LogP contribution in [0.1, 0.15) is 27.2 Å². The molecule has 3 atom stereocenters. The van der Waals surface area contributed by atoms with Crippen LogP contribution in [0.4, 0.5) is 4.79 Å². The van der Waals surface area contributed by atoms with Crippen molar-refractivity contribution in [1.29, 1.82) is 0 Å². The third kappa shape index (κ3) is 2.66. The lowest BCUT2D eigenvalue weighted by atomic mass is 9.91. The summed E-state index contributed by atoms with van der Waals surface area (Å²) in [6.07, 6.45) is 1.22. The second-order valence-electron chi connectivity index (χ2n) is 5.80. The Balaban J connectivity index is 1.99. The van der Waals surface area contributed by atoms with E-state index in [1.807, 2.05) is 6.92 Å². The molecule has 2 heterocycles. The minimum absolute atomic E-state index is 0.0636. The van der Waals surface area contributed by atoms with Gasteiger partial charge >= 0.3 is 6.03 Å². The molecule has 0 aromatic heterocycles. The van der Waals surface area contributed by atoms with Crippen molar-refractivity contribution < 1.29 is 9.59 Å². The molecule has 2 aliphatic heterocycles. The van der Waals surface area contributed by atoms with Gasteiger partial charge in [0, 0.05) is 26.2 Å². The zero-order valence-electron chi connectivity index (χ0n) is 11.5. The number of nitrogens with one attached hydrogen (secondary N) is 1. The van der Waals surface area contributed by atoms with Gasteiger partial charge < -0.3 is 5.32 Å². The van der Waals surface area contributed by atoms with E-state index in [-0.39, 0.29) is 18.0 Å². The number of carbonyl (C=O) groups is 2. The van der Waals surface area contributed by atoms with Crippen LogP contribution in [0.5, 0.6) is 0 Å². The standard InChI is InChI=1S/C13H23N3O2/c1-9-6-10(2)8-15(7-9)11(3)12(17)16-5-4-14-13(16)18/h9-11H,4-8H2,1-3H3,(H,14,18)/t9-,10-,11+/m1/s1. The van der Waals surface area contributed by atoms with Crippen molar-refractivity contribution in [3.63, 3.8) is 0 Å². The van der Waals surface area contributed by atoms with Gasteiger partial charge in [-0.25, -0.2) is 4.79 Å². The quantitative estimate of drug-likeness (QED) is 0.795. The van der Waals surface area contributed by atoms with Crippen molar-refractivity contribution in [3.05, 3.63) is 0 Å². The van der Waals surface area contributed by atoms with Crippen LogP contribution in [0.3, 0.4) is 0 Å². The molecule has 2 rings (SSSR count). The first-order chi connectivity index (χ1) is 8.49. The number of rotatable bonds is 2.